The van der Waals surface area contributed by atoms with Crippen LogP contribution < -0.4 is 10.6 Å². The second-order valence-corrected chi connectivity index (χ2v) is 10.3. The maximum absolute atomic E-state index is 13.2. The molecule has 3 aliphatic rings. The van der Waals surface area contributed by atoms with Crippen molar-refractivity contribution in [2.45, 2.75) is 102 Å². The van der Waals surface area contributed by atoms with Crippen molar-refractivity contribution in [3.63, 3.8) is 0 Å². The Morgan fingerprint density at radius 2 is 2.03 bits per heavy atom. The molecular formula is C26H39F3N6O. The van der Waals surface area contributed by atoms with Crippen LogP contribution in [0, 0.1) is 22.7 Å². The molecule has 5 atom stereocenters. The number of anilines is 1. The number of likely N-dealkylation sites (N-methyl/N-ethyl adjacent to an activating group) is 1. The summed E-state index contributed by atoms with van der Waals surface area (Å²) in [7, 11) is 1.67. The summed E-state index contributed by atoms with van der Waals surface area (Å²) in [5.41, 5.74) is -1.53. The van der Waals surface area contributed by atoms with Crippen LogP contribution in [0.5, 0.6) is 0 Å². The van der Waals surface area contributed by atoms with Crippen molar-refractivity contribution in [2.75, 3.05) is 18.9 Å². The number of hydrogen-bond acceptors (Lipinski definition) is 6. The van der Waals surface area contributed by atoms with Crippen LogP contribution in [-0.2, 0) is 11.0 Å². The number of alkyl halides is 3. The molecule has 1 aromatic heterocycles. The van der Waals surface area contributed by atoms with Crippen LogP contribution in [0.3, 0.4) is 0 Å². The first-order valence-electron chi connectivity index (χ1n) is 13.1. The van der Waals surface area contributed by atoms with E-state index in [-0.39, 0.29) is 34.9 Å². The van der Waals surface area contributed by atoms with Crippen molar-refractivity contribution in [3.8, 4) is 6.07 Å². The Kier molecular flexibility index (Phi) is 8.23. The quantitative estimate of drug-likeness (QED) is 0.504. The van der Waals surface area contributed by atoms with E-state index in [0.717, 1.165) is 57.2 Å². The van der Waals surface area contributed by atoms with Crippen LogP contribution in [0.1, 0.15) is 84.8 Å². The van der Waals surface area contributed by atoms with E-state index in [1.54, 1.807) is 7.05 Å². The van der Waals surface area contributed by atoms with E-state index in [9.17, 15) is 23.2 Å². The fraction of sp³-hybridized carbons (Fsp3) is 0.769. The molecular weight excluding hydrogens is 469 g/mol. The number of amides is 1. The van der Waals surface area contributed by atoms with Gasteiger partial charge in [0.2, 0.25) is 11.9 Å². The van der Waals surface area contributed by atoms with E-state index < -0.39 is 17.9 Å². The molecule has 3 saturated carbocycles. The number of halogens is 3. The van der Waals surface area contributed by atoms with Crippen molar-refractivity contribution < 1.29 is 18.0 Å². The first kappa shape index (κ1) is 28.2. The van der Waals surface area contributed by atoms with Crippen molar-refractivity contribution in [3.05, 3.63) is 18.0 Å². The van der Waals surface area contributed by atoms with Gasteiger partial charge >= 0.3 is 6.18 Å². The summed E-state index contributed by atoms with van der Waals surface area (Å²) in [5, 5.41) is 16.2. The number of nitrogens with one attached hydrogen (secondary N) is 2. The molecule has 200 valence electrons. The van der Waals surface area contributed by atoms with Crippen LogP contribution in [0.25, 0.3) is 0 Å². The molecule has 3 aliphatic carbocycles. The van der Waals surface area contributed by atoms with Crippen LogP contribution in [0.2, 0.25) is 0 Å². The molecule has 2 N–H and O–H groups in total. The molecule has 1 amide bonds. The molecule has 1 heterocycles. The molecule has 0 aliphatic heterocycles. The van der Waals surface area contributed by atoms with Gasteiger partial charge in [0.25, 0.3) is 0 Å². The fourth-order valence-corrected chi connectivity index (χ4v) is 7.06. The Morgan fingerprint density at radius 1 is 1.31 bits per heavy atom. The fourth-order valence-electron chi connectivity index (χ4n) is 7.06. The minimum atomic E-state index is -4.52. The number of hydrogen-bond donors (Lipinski definition) is 2. The topological polar surface area (TPSA) is 93.9 Å². The number of carbonyl (C=O) groups is 1. The molecule has 1 spiro atoms. The summed E-state index contributed by atoms with van der Waals surface area (Å²) < 4.78 is 39.5. The maximum atomic E-state index is 13.2. The predicted octanol–water partition coefficient (Wildman–Crippen LogP) is 5.16. The normalized spacial score (nSPS) is 31.1. The smallest absolute Gasteiger partial charge is 0.348 e. The average Bonchev–Trinajstić information content (AvgIpc) is 3.05. The second-order valence-electron chi connectivity index (χ2n) is 10.3. The molecule has 5 unspecified atom stereocenters. The highest BCUT2D eigenvalue weighted by molar-refractivity contribution is 5.78. The molecule has 2 bridgehead atoms. The van der Waals surface area contributed by atoms with E-state index in [1.807, 2.05) is 20.8 Å². The molecule has 0 saturated heterocycles. The van der Waals surface area contributed by atoms with Gasteiger partial charge in [0.15, 0.2) is 0 Å². The van der Waals surface area contributed by atoms with Crippen molar-refractivity contribution in [1.29, 1.82) is 5.26 Å². The lowest BCUT2D eigenvalue weighted by atomic mass is 9.46. The highest BCUT2D eigenvalue weighted by Gasteiger charge is 2.72. The van der Waals surface area contributed by atoms with Crippen LogP contribution in [-0.4, -0.2) is 51.5 Å². The summed E-state index contributed by atoms with van der Waals surface area (Å²) >= 11 is 0. The lowest BCUT2D eigenvalue weighted by Gasteiger charge is -2.63. The zero-order valence-corrected chi connectivity index (χ0v) is 22.0. The van der Waals surface area contributed by atoms with Gasteiger partial charge in [-0.15, -0.1) is 0 Å². The third-order valence-corrected chi connectivity index (χ3v) is 8.81. The zero-order chi connectivity index (χ0) is 26.8. The molecule has 3 fully saturated rings. The number of rotatable bonds is 8. The van der Waals surface area contributed by atoms with Crippen LogP contribution >= 0.6 is 0 Å². The molecule has 10 heteroatoms. The van der Waals surface area contributed by atoms with Gasteiger partial charge in [-0.25, -0.2) is 9.97 Å². The molecule has 7 nitrogen and oxygen atoms in total. The Morgan fingerprint density at radius 3 is 2.64 bits per heavy atom. The Balaban J connectivity index is 0.00000176. The van der Waals surface area contributed by atoms with E-state index in [1.165, 1.54) is 4.90 Å². The SMILES string of the molecule is CC.CCC(C#N)N(C)C(=O)CNC12CCCC3(C1)C(C2)CC3(CC)Nc1nccc(C(F)(F)F)n1. The number of nitriles is 1. The van der Waals surface area contributed by atoms with Gasteiger partial charge in [-0.2, -0.15) is 18.4 Å². The van der Waals surface area contributed by atoms with Gasteiger partial charge in [0, 0.05) is 24.3 Å². The van der Waals surface area contributed by atoms with Crippen LogP contribution in [0.15, 0.2) is 12.3 Å². The lowest BCUT2D eigenvalue weighted by molar-refractivity contribution is -0.141. The summed E-state index contributed by atoms with van der Waals surface area (Å²) in [4.78, 5) is 22.1. The van der Waals surface area contributed by atoms with E-state index in [4.69, 9.17) is 0 Å². The summed E-state index contributed by atoms with van der Waals surface area (Å²) in [5.74, 6) is 0.370. The highest BCUT2D eigenvalue weighted by Crippen LogP contribution is 2.72. The largest absolute Gasteiger partial charge is 0.433 e. The minimum absolute atomic E-state index is 0.0273. The van der Waals surface area contributed by atoms with Gasteiger partial charge in [0.1, 0.15) is 11.7 Å². The monoisotopic (exact) mass is 508 g/mol. The molecule has 36 heavy (non-hydrogen) atoms. The van der Waals surface area contributed by atoms with Crippen LogP contribution in [0.4, 0.5) is 19.1 Å². The van der Waals surface area contributed by atoms with Gasteiger partial charge in [-0.3, -0.25) is 4.79 Å². The summed E-state index contributed by atoms with van der Waals surface area (Å²) in [6, 6.07) is 2.62. The second kappa shape index (κ2) is 10.5. The van der Waals surface area contributed by atoms with Gasteiger partial charge in [0.05, 0.1) is 12.6 Å². The van der Waals surface area contributed by atoms with E-state index in [0.29, 0.717) is 12.3 Å². The van der Waals surface area contributed by atoms with Gasteiger partial charge < -0.3 is 15.5 Å². The highest BCUT2D eigenvalue weighted by atomic mass is 19.4. The Bertz CT molecular complexity index is 981. The third kappa shape index (κ3) is 4.79. The first-order chi connectivity index (χ1) is 17.0. The first-order valence-corrected chi connectivity index (χ1v) is 13.1. The Labute approximate surface area is 212 Å². The lowest BCUT2D eigenvalue weighted by Crippen LogP contribution is -2.66. The average molecular weight is 509 g/mol. The van der Waals surface area contributed by atoms with E-state index >= 15 is 0 Å². The molecule has 0 radical (unpaired) electrons. The summed E-state index contributed by atoms with van der Waals surface area (Å²) in [6.07, 6.45) is 3.63. The predicted molar refractivity (Wildman–Crippen MR) is 132 cm³/mol. The standard InChI is InChI=1S/C24H33F3N6O.C2H6/c1-4-17(13-28)33(3)19(34)14-30-21-8-6-9-22(15-21)16(11-21)12-23(22,5-2)32-20-29-10-7-18(31-20)24(25,26)27;1-2/h7,10,16-17,30H,4-6,8-9,11-12,14-15H2,1-3H3,(H,29,31,32);1-2H3. The molecule has 1 aromatic rings. The zero-order valence-electron chi connectivity index (χ0n) is 22.0. The van der Waals surface area contributed by atoms with Gasteiger partial charge in [-0.05, 0) is 62.3 Å². The molecule has 0 aromatic carbocycles. The van der Waals surface area contributed by atoms with E-state index in [2.05, 4.69) is 33.6 Å². The van der Waals surface area contributed by atoms with Gasteiger partial charge in [-0.1, -0.05) is 34.1 Å². The van der Waals surface area contributed by atoms with Crippen molar-refractivity contribution in [1.82, 2.24) is 20.2 Å². The Hall–Kier alpha value is -2.41. The van der Waals surface area contributed by atoms with Crippen molar-refractivity contribution in [2.24, 2.45) is 11.3 Å². The maximum Gasteiger partial charge on any atom is 0.433 e. The number of fused-ring (bicyclic) bond motifs is 1. The number of nitrogens with zero attached hydrogens (tertiary/aromatic N) is 4. The summed E-state index contributed by atoms with van der Waals surface area (Å²) in [6.45, 7) is 8.13. The number of aromatic nitrogens is 2. The van der Waals surface area contributed by atoms with Crippen molar-refractivity contribution >= 4 is 11.9 Å². The third-order valence-electron chi connectivity index (χ3n) is 8.81. The minimum Gasteiger partial charge on any atom is -0.348 e. The number of carbonyl (C=O) groups excluding carboxylic acids is 1. The molecule has 4 rings (SSSR count).